The van der Waals surface area contributed by atoms with Gasteiger partial charge in [0.1, 0.15) is 5.15 Å². The summed E-state index contributed by atoms with van der Waals surface area (Å²) in [6.07, 6.45) is 0. The number of hydrogen-bond acceptors (Lipinski definition) is 3. The second-order valence-electron chi connectivity index (χ2n) is 3.66. The lowest BCUT2D eigenvalue weighted by Gasteiger charge is -2.05. The van der Waals surface area contributed by atoms with E-state index in [-0.39, 0.29) is 22.8 Å². The minimum absolute atomic E-state index is 0.169. The van der Waals surface area contributed by atoms with Crippen LogP contribution in [0.15, 0.2) is 41.2 Å². The molecule has 0 aliphatic heterocycles. The summed E-state index contributed by atoms with van der Waals surface area (Å²) in [7, 11) is 0. The van der Waals surface area contributed by atoms with E-state index < -0.39 is 5.97 Å². The van der Waals surface area contributed by atoms with Crippen LogP contribution < -0.4 is 5.56 Å². The van der Waals surface area contributed by atoms with Crippen molar-refractivity contribution in [2.75, 3.05) is 0 Å². The van der Waals surface area contributed by atoms with Crippen molar-refractivity contribution in [3.8, 4) is 0 Å². The standard InChI is InChI=1S/C12H9ClN2O3/c13-10-4-5-11(16)15(14-10)7-8-2-1-3-9(6-8)12(17)18/h1-6H,7H2,(H,17,18). The summed E-state index contributed by atoms with van der Waals surface area (Å²) in [5.74, 6) is -1.01. The first-order valence-electron chi connectivity index (χ1n) is 5.12. The van der Waals surface area contributed by atoms with Gasteiger partial charge in [0.15, 0.2) is 0 Å². The lowest BCUT2D eigenvalue weighted by atomic mass is 10.1. The van der Waals surface area contributed by atoms with Crippen molar-refractivity contribution in [3.05, 3.63) is 63.0 Å². The normalized spacial score (nSPS) is 10.3. The number of carbonyl (C=O) groups is 1. The van der Waals surface area contributed by atoms with Crippen LogP contribution in [0.4, 0.5) is 0 Å². The second-order valence-corrected chi connectivity index (χ2v) is 4.04. The van der Waals surface area contributed by atoms with Crippen LogP contribution in [0.1, 0.15) is 15.9 Å². The van der Waals surface area contributed by atoms with Gasteiger partial charge in [0.25, 0.3) is 5.56 Å². The van der Waals surface area contributed by atoms with E-state index in [4.69, 9.17) is 16.7 Å². The highest BCUT2D eigenvalue weighted by Gasteiger charge is 2.05. The van der Waals surface area contributed by atoms with E-state index >= 15 is 0 Å². The monoisotopic (exact) mass is 264 g/mol. The van der Waals surface area contributed by atoms with Crippen molar-refractivity contribution < 1.29 is 9.90 Å². The summed E-state index contributed by atoms with van der Waals surface area (Å²) < 4.78 is 1.18. The Morgan fingerprint density at radius 2 is 2.11 bits per heavy atom. The highest BCUT2D eigenvalue weighted by molar-refractivity contribution is 6.29. The number of aromatic carboxylic acids is 1. The van der Waals surface area contributed by atoms with Crippen LogP contribution in [-0.4, -0.2) is 20.9 Å². The van der Waals surface area contributed by atoms with Crippen LogP contribution in [-0.2, 0) is 6.54 Å². The third-order valence-electron chi connectivity index (χ3n) is 2.34. The molecule has 1 N–H and O–H groups in total. The Kier molecular flexibility index (Phi) is 3.43. The molecule has 0 aliphatic rings. The van der Waals surface area contributed by atoms with Crippen LogP contribution in [0.2, 0.25) is 5.15 Å². The summed E-state index contributed by atoms with van der Waals surface area (Å²) in [6.45, 7) is 0.181. The number of halogens is 1. The van der Waals surface area contributed by atoms with E-state index in [1.165, 1.54) is 28.9 Å². The van der Waals surface area contributed by atoms with Crippen molar-refractivity contribution in [3.63, 3.8) is 0 Å². The van der Waals surface area contributed by atoms with Gasteiger partial charge in [-0.15, -0.1) is 0 Å². The molecule has 5 nitrogen and oxygen atoms in total. The Labute approximate surface area is 107 Å². The minimum atomic E-state index is -1.01. The van der Waals surface area contributed by atoms with Crippen molar-refractivity contribution in [1.82, 2.24) is 9.78 Å². The van der Waals surface area contributed by atoms with Gasteiger partial charge in [-0.1, -0.05) is 23.7 Å². The molecule has 0 saturated heterocycles. The molecule has 0 atom stereocenters. The molecular formula is C12H9ClN2O3. The number of hydrogen-bond donors (Lipinski definition) is 1. The summed E-state index contributed by atoms with van der Waals surface area (Å²) in [5.41, 5.74) is 0.550. The molecule has 0 radical (unpaired) electrons. The zero-order valence-corrected chi connectivity index (χ0v) is 9.96. The Balaban J connectivity index is 2.34. The van der Waals surface area contributed by atoms with Gasteiger partial charge in [-0.25, -0.2) is 9.48 Å². The van der Waals surface area contributed by atoms with Gasteiger partial charge in [-0.3, -0.25) is 4.79 Å². The first kappa shape index (κ1) is 12.3. The highest BCUT2D eigenvalue weighted by Crippen LogP contribution is 2.07. The molecule has 0 amide bonds. The fourth-order valence-corrected chi connectivity index (χ4v) is 1.67. The summed E-state index contributed by atoms with van der Waals surface area (Å²) in [5, 5.41) is 12.9. The number of nitrogens with zero attached hydrogens (tertiary/aromatic N) is 2. The molecule has 0 fully saturated rings. The molecule has 0 unspecified atom stereocenters. The molecule has 1 aromatic heterocycles. The van der Waals surface area contributed by atoms with Gasteiger partial charge in [0.2, 0.25) is 0 Å². The predicted molar refractivity (Wildman–Crippen MR) is 66.0 cm³/mol. The fourth-order valence-electron chi connectivity index (χ4n) is 1.51. The smallest absolute Gasteiger partial charge is 0.335 e. The first-order chi connectivity index (χ1) is 8.56. The van der Waals surface area contributed by atoms with E-state index in [1.807, 2.05) is 0 Å². The van der Waals surface area contributed by atoms with Gasteiger partial charge >= 0.3 is 5.97 Å². The number of carboxylic acid groups (broad SMARTS) is 1. The van der Waals surface area contributed by atoms with Gasteiger partial charge in [0.05, 0.1) is 12.1 Å². The zero-order chi connectivity index (χ0) is 13.1. The molecule has 2 rings (SSSR count). The summed E-state index contributed by atoms with van der Waals surface area (Å²) in [6, 6.07) is 9.05. The Hall–Kier alpha value is -2.14. The predicted octanol–water partition coefficient (Wildman–Crippen LogP) is 1.64. The maximum Gasteiger partial charge on any atom is 0.335 e. The zero-order valence-electron chi connectivity index (χ0n) is 9.21. The lowest BCUT2D eigenvalue weighted by molar-refractivity contribution is 0.0696. The van der Waals surface area contributed by atoms with Crippen molar-refractivity contribution in [2.45, 2.75) is 6.54 Å². The summed E-state index contributed by atoms with van der Waals surface area (Å²) in [4.78, 5) is 22.3. The second kappa shape index (κ2) is 5.01. The molecule has 1 heterocycles. The maximum absolute atomic E-state index is 11.5. The fraction of sp³-hybridized carbons (Fsp3) is 0.0833. The minimum Gasteiger partial charge on any atom is -0.478 e. The highest BCUT2D eigenvalue weighted by atomic mass is 35.5. The molecule has 18 heavy (non-hydrogen) atoms. The molecule has 0 bridgehead atoms. The van der Waals surface area contributed by atoms with Crippen LogP contribution in [0.3, 0.4) is 0 Å². The van der Waals surface area contributed by atoms with Crippen LogP contribution in [0.5, 0.6) is 0 Å². The number of carboxylic acids is 1. The Bertz CT molecular complexity index is 652. The average Bonchev–Trinajstić information content (AvgIpc) is 2.34. The van der Waals surface area contributed by atoms with Gasteiger partial charge in [0, 0.05) is 6.07 Å². The van der Waals surface area contributed by atoms with Crippen molar-refractivity contribution in [1.29, 1.82) is 0 Å². The number of aromatic nitrogens is 2. The molecule has 0 aliphatic carbocycles. The van der Waals surface area contributed by atoms with Crippen LogP contribution in [0.25, 0.3) is 0 Å². The third kappa shape index (κ3) is 2.75. The van der Waals surface area contributed by atoms with Crippen molar-refractivity contribution in [2.24, 2.45) is 0 Å². The van der Waals surface area contributed by atoms with Gasteiger partial charge in [-0.05, 0) is 23.8 Å². The molecule has 92 valence electrons. The number of benzene rings is 1. The lowest BCUT2D eigenvalue weighted by Crippen LogP contribution is -2.22. The average molecular weight is 265 g/mol. The molecule has 0 saturated carbocycles. The first-order valence-corrected chi connectivity index (χ1v) is 5.50. The maximum atomic E-state index is 11.5. The molecule has 0 spiro atoms. The van der Waals surface area contributed by atoms with Gasteiger partial charge < -0.3 is 5.11 Å². The van der Waals surface area contributed by atoms with Crippen molar-refractivity contribution >= 4 is 17.6 Å². The molecular weight excluding hydrogens is 256 g/mol. The number of rotatable bonds is 3. The molecule has 6 heteroatoms. The van der Waals surface area contributed by atoms with E-state index in [0.717, 1.165) is 0 Å². The van der Waals surface area contributed by atoms with Gasteiger partial charge in [-0.2, -0.15) is 5.10 Å². The Morgan fingerprint density at radius 1 is 1.33 bits per heavy atom. The topological polar surface area (TPSA) is 72.2 Å². The third-order valence-corrected chi connectivity index (χ3v) is 2.54. The summed E-state index contributed by atoms with van der Waals surface area (Å²) >= 11 is 5.70. The molecule has 1 aromatic carbocycles. The van der Waals surface area contributed by atoms with Crippen LogP contribution >= 0.6 is 11.6 Å². The van der Waals surface area contributed by atoms with E-state index in [1.54, 1.807) is 12.1 Å². The largest absolute Gasteiger partial charge is 0.478 e. The quantitative estimate of drug-likeness (QED) is 0.915. The van der Waals surface area contributed by atoms with E-state index in [9.17, 15) is 9.59 Å². The van der Waals surface area contributed by atoms with Crippen LogP contribution in [0, 0.1) is 0 Å². The Morgan fingerprint density at radius 3 is 2.83 bits per heavy atom. The van der Waals surface area contributed by atoms with E-state index in [2.05, 4.69) is 5.10 Å². The van der Waals surface area contributed by atoms with E-state index in [0.29, 0.717) is 5.56 Å². The molecule has 2 aromatic rings. The SMILES string of the molecule is O=C(O)c1cccc(Cn2nc(Cl)ccc2=O)c1.